The summed E-state index contributed by atoms with van der Waals surface area (Å²) in [6.07, 6.45) is 3.50. The Labute approximate surface area is 172 Å². The molecule has 0 bridgehead atoms. The highest BCUT2D eigenvalue weighted by Crippen LogP contribution is 2.17. The largest absolute Gasteiger partial charge is 0.338 e. The fourth-order valence-electron chi connectivity index (χ4n) is 3.76. The molecule has 2 aromatic carbocycles. The predicted molar refractivity (Wildman–Crippen MR) is 112 cm³/mol. The maximum Gasteiger partial charge on any atom is 0.223 e. The molecule has 2 aromatic rings. The van der Waals surface area contributed by atoms with E-state index >= 15 is 0 Å². The number of carbonyl (C=O) groups excluding carboxylic acids is 3. The SMILES string of the molecule is O=C[C@@H]1CCCN1C(=O)CCC(=O)N(CCc1ccccc1)Cc1ccccc1. The molecule has 1 saturated heterocycles. The van der Waals surface area contributed by atoms with Crippen molar-refractivity contribution in [2.45, 2.75) is 44.7 Å². The summed E-state index contributed by atoms with van der Waals surface area (Å²) in [4.78, 5) is 40.0. The Hall–Kier alpha value is -2.95. The number of nitrogens with zero attached hydrogens (tertiary/aromatic N) is 2. The van der Waals surface area contributed by atoms with Gasteiger partial charge in [-0.1, -0.05) is 60.7 Å². The van der Waals surface area contributed by atoms with Gasteiger partial charge in [0.25, 0.3) is 0 Å². The van der Waals surface area contributed by atoms with Crippen LogP contribution in [-0.4, -0.2) is 47.0 Å². The van der Waals surface area contributed by atoms with Gasteiger partial charge in [0, 0.05) is 32.5 Å². The maximum atomic E-state index is 12.9. The third-order valence-corrected chi connectivity index (χ3v) is 5.41. The molecular weight excluding hydrogens is 364 g/mol. The standard InChI is InChI=1S/C24H28N2O3/c27-19-22-12-7-16-26(22)24(29)14-13-23(28)25(18-21-10-5-2-6-11-21)17-15-20-8-3-1-4-9-20/h1-6,8-11,19,22H,7,12-18H2/t22-/m0/s1. The van der Waals surface area contributed by atoms with Gasteiger partial charge in [-0.05, 0) is 30.4 Å². The van der Waals surface area contributed by atoms with Crippen LogP contribution in [-0.2, 0) is 27.3 Å². The lowest BCUT2D eigenvalue weighted by molar-refractivity contribution is -0.138. The van der Waals surface area contributed by atoms with E-state index in [2.05, 4.69) is 12.1 Å². The fraction of sp³-hybridized carbons (Fsp3) is 0.375. The maximum absolute atomic E-state index is 12.9. The molecule has 0 saturated carbocycles. The second-order valence-corrected chi connectivity index (χ2v) is 7.47. The van der Waals surface area contributed by atoms with Gasteiger partial charge in [-0.25, -0.2) is 0 Å². The quantitative estimate of drug-likeness (QED) is 0.616. The first-order chi connectivity index (χ1) is 14.2. The van der Waals surface area contributed by atoms with Crippen LogP contribution in [0.1, 0.15) is 36.8 Å². The molecule has 0 N–H and O–H groups in total. The Balaban J connectivity index is 1.60. The van der Waals surface area contributed by atoms with Crippen LogP contribution >= 0.6 is 0 Å². The number of aldehydes is 1. The van der Waals surface area contributed by atoms with Crippen LogP contribution in [0.3, 0.4) is 0 Å². The van der Waals surface area contributed by atoms with E-state index in [9.17, 15) is 14.4 Å². The van der Waals surface area contributed by atoms with Crippen molar-refractivity contribution in [1.82, 2.24) is 9.80 Å². The van der Waals surface area contributed by atoms with Gasteiger partial charge in [0.05, 0.1) is 6.04 Å². The molecule has 0 radical (unpaired) electrons. The summed E-state index contributed by atoms with van der Waals surface area (Å²) in [5.41, 5.74) is 2.25. The van der Waals surface area contributed by atoms with E-state index in [1.54, 1.807) is 4.90 Å². The molecule has 152 valence electrons. The zero-order chi connectivity index (χ0) is 20.5. The van der Waals surface area contributed by atoms with Gasteiger partial charge in [0.2, 0.25) is 11.8 Å². The highest BCUT2D eigenvalue weighted by Gasteiger charge is 2.28. The number of rotatable bonds is 9. The molecule has 2 amide bonds. The van der Waals surface area contributed by atoms with E-state index in [4.69, 9.17) is 0 Å². The van der Waals surface area contributed by atoms with Crippen molar-refractivity contribution >= 4 is 18.1 Å². The first-order valence-corrected chi connectivity index (χ1v) is 10.3. The molecule has 1 aliphatic rings. The zero-order valence-corrected chi connectivity index (χ0v) is 16.7. The minimum absolute atomic E-state index is 0.0278. The molecule has 29 heavy (non-hydrogen) atoms. The van der Waals surface area contributed by atoms with Crippen molar-refractivity contribution < 1.29 is 14.4 Å². The number of hydrogen-bond donors (Lipinski definition) is 0. The highest BCUT2D eigenvalue weighted by molar-refractivity contribution is 5.85. The second-order valence-electron chi connectivity index (χ2n) is 7.47. The van der Waals surface area contributed by atoms with Crippen LogP contribution in [0.15, 0.2) is 60.7 Å². The lowest BCUT2D eigenvalue weighted by atomic mass is 10.1. The predicted octanol–water partition coefficient (Wildman–Crippen LogP) is 3.23. The van der Waals surface area contributed by atoms with E-state index in [1.807, 2.05) is 53.4 Å². The minimum atomic E-state index is -0.323. The second kappa shape index (κ2) is 10.6. The van der Waals surface area contributed by atoms with Gasteiger partial charge in [-0.15, -0.1) is 0 Å². The topological polar surface area (TPSA) is 57.7 Å². The molecule has 1 fully saturated rings. The number of hydrogen-bond acceptors (Lipinski definition) is 3. The summed E-state index contributed by atoms with van der Waals surface area (Å²) in [6.45, 7) is 1.74. The summed E-state index contributed by atoms with van der Waals surface area (Å²) < 4.78 is 0. The molecule has 1 atom stereocenters. The Kier molecular flexibility index (Phi) is 7.56. The Bertz CT molecular complexity index is 807. The molecule has 1 heterocycles. The fourth-order valence-corrected chi connectivity index (χ4v) is 3.76. The number of amides is 2. The van der Waals surface area contributed by atoms with Gasteiger partial charge < -0.3 is 14.6 Å². The molecule has 0 spiro atoms. The smallest absolute Gasteiger partial charge is 0.223 e. The lowest BCUT2D eigenvalue weighted by Gasteiger charge is -2.24. The number of carbonyl (C=O) groups is 3. The molecular formula is C24H28N2O3. The molecule has 5 heteroatoms. The summed E-state index contributed by atoms with van der Waals surface area (Å²) in [6, 6.07) is 19.7. The van der Waals surface area contributed by atoms with Gasteiger partial charge in [-0.2, -0.15) is 0 Å². The summed E-state index contributed by atoms with van der Waals surface area (Å²) >= 11 is 0. The minimum Gasteiger partial charge on any atom is -0.338 e. The molecule has 3 rings (SSSR count). The van der Waals surface area contributed by atoms with Crippen molar-refractivity contribution in [3.8, 4) is 0 Å². The van der Waals surface area contributed by atoms with Gasteiger partial charge in [0.1, 0.15) is 6.29 Å². The Morgan fingerprint density at radius 3 is 2.28 bits per heavy atom. The van der Waals surface area contributed by atoms with Crippen molar-refractivity contribution in [3.63, 3.8) is 0 Å². The number of likely N-dealkylation sites (tertiary alicyclic amines) is 1. The monoisotopic (exact) mass is 392 g/mol. The van der Waals surface area contributed by atoms with Crippen LogP contribution < -0.4 is 0 Å². The average molecular weight is 392 g/mol. The van der Waals surface area contributed by atoms with Gasteiger partial charge in [0.15, 0.2) is 0 Å². The summed E-state index contributed by atoms with van der Waals surface area (Å²) in [5.74, 6) is -0.129. The molecule has 0 unspecified atom stereocenters. The van der Waals surface area contributed by atoms with E-state index < -0.39 is 0 Å². The van der Waals surface area contributed by atoms with E-state index in [1.165, 1.54) is 5.56 Å². The van der Waals surface area contributed by atoms with Crippen molar-refractivity contribution in [2.24, 2.45) is 0 Å². The molecule has 1 aliphatic heterocycles. The van der Waals surface area contributed by atoms with Crippen molar-refractivity contribution in [3.05, 3.63) is 71.8 Å². The third-order valence-electron chi connectivity index (χ3n) is 5.41. The van der Waals surface area contributed by atoms with Crippen LogP contribution in [0.25, 0.3) is 0 Å². The van der Waals surface area contributed by atoms with Crippen LogP contribution in [0.5, 0.6) is 0 Å². The normalized spacial score (nSPS) is 15.9. The van der Waals surface area contributed by atoms with Gasteiger partial charge in [-0.3, -0.25) is 9.59 Å². The Morgan fingerprint density at radius 2 is 1.62 bits per heavy atom. The highest BCUT2D eigenvalue weighted by atomic mass is 16.2. The summed E-state index contributed by atoms with van der Waals surface area (Å²) in [5, 5.41) is 0. The van der Waals surface area contributed by atoms with Crippen LogP contribution in [0, 0.1) is 0 Å². The van der Waals surface area contributed by atoms with Crippen molar-refractivity contribution in [2.75, 3.05) is 13.1 Å². The van der Waals surface area contributed by atoms with Crippen LogP contribution in [0.2, 0.25) is 0 Å². The van der Waals surface area contributed by atoms with Gasteiger partial charge >= 0.3 is 0 Å². The van der Waals surface area contributed by atoms with E-state index in [0.29, 0.717) is 19.6 Å². The molecule has 0 aliphatic carbocycles. The first kappa shape index (κ1) is 20.8. The molecule has 0 aromatic heterocycles. The first-order valence-electron chi connectivity index (χ1n) is 10.3. The lowest BCUT2D eigenvalue weighted by Crippen LogP contribution is -2.38. The average Bonchev–Trinajstić information content (AvgIpc) is 3.25. The van der Waals surface area contributed by atoms with Crippen molar-refractivity contribution in [1.29, 1.82) is 0 Å². The summed E-state index contributed by atoms with van der Waals surface area (Å²) in [7, 11) is 0. The zero-order valence-electron chi connectivity index (χ0n) is 16.7. The van der Waals surface area contributed by atoms with E-state index in [0.717, 1.165) is 31.1 Å². The third kappa shape index (κ3) is 6.01. The van der Waals surface area contributed by atoms with Crippen LogP contribution in [0.4, 0.5) is 0 Å². The molecule has 5 nitrogen and oxygen atoms in total. The number of benzene rings is 2. The Morgan fingerprint density at radius 1 is 0.966 bits per heavy atom. The van der Waals surface area contributed by atoms with E-state index in [-0.39, 0.29) is 30.7 Å².